The third kappa shape index (κ3) is 8.29. The zero-order chi connectivity index (χ0) is 32.8. The van der Waals surface area contributed by atoms with Gasteiger partial charge >= 0.3 is 0 Å². The lowest BCUT2D eigenvalue weighted by atomic mass is 9.94. The number of piperazine rings is 1. The minimum atomic E-state index is -0.344. The fourth-order valence-electron chi connectivity index (χ4n) is 5.88. The number of amides is 3. The van der Waals surface area contributed by atoms with Gasteiger partial charge in [0.2, 0.25) is 11.8 Å². The molecule has 0 bridgehead atoms. The Kier molecular flexibility index (Phi) is 10.4. The van der Waals surface area contributed by atoms with Crippen molar-refractivity contribution in [2.75, 3.05) is 44.6 Å². The summed E-state index contributed by atoms with van der Waals surface area (Å²) in [5.74, 6) is 0.628. The van der Waals surface area contributed by atoms with Gasteiger partial charge in [-0.25, -0.2) is 4.98 Å². The highest BCUT2D eigenvalue weighted by Crippen LogP contribution is 2.26. The van der Waals surface area contributed by atoms with Crippen molar-refractivity contribution in [1.82, 2.24) is 19.7 Å². The van der Waals surface area contributed by atoms with Gasteiger partial charge in [-0.15, -0.1) is 0 Å². The summed E-state index contributed by atoms with van der Waals surface area (Å²) < 4.78 is 5.84. The third-order valence-corrected chi connectivity index (χ3v) is 9.30. The minimum absolute atomic E-state index is 0.0429. The first kappa shape index (κ1) is 32.5. The number of rotatable bonds is 8. The van der Waals surface area contributed by atoms with Crippen LogP contribution < -0.4 is 10.1 Å². The number of hydrogen-bond acceptors (Lipinski definition) is 6. The van der Waals surface area contributed by atoms with Crippen molar-refractivity contribution in [2.45, 2.75) is 19.4 Å². The number of aromatic nitrogens is 1. The Balaban J connectivity index is 0.942. The second-order valence-electron chi connectivity index (χ2n) is 11.7. The fraction of sp³-hybridized carbons (Fsp3) is 0.278. The van der Waals surface area contributed by atoms with E-state index >= 15 is 0 Å². The summed E-state index contributed by atoms with van der Waals surface area (Å²) in [4.78, 5) is 49.5. The Morgan fingerprint density at radius 2 is 1.47 bits per heavy atom. The lowest BCUT2D eigenvalue weighted by Gasteiger charge is -2.38. The summed E-state index contributed by atoms with van der Waals surface area (Å²) in [6.45, 7) is 5.25. The number of anilines is 1. The van der Waals surface area contributed by atoms with Crippen molar-refractivity contribution in [2.24, 2.45) is 5.92 Å². The van der Waals surface area contributed by atoms with Crippen LogP contribution in [-0.2, 0) is 11.3 Å². The Labute approximate surface area is 284 Å². The summed E-state index contributed by atoms with van der Waals surface area (Å²) in [6, 6.07) is 25.3. The van der Waals surface area contributed by atoms with Gasteiger partial charge in [0, 0.05) is 68.9 Å². The maximum absolute atomic E-state index is 13.3. The predicted octanol–water partition coefficient (Wildman–Crippen LogP) is 6.63. The SMILES string of the molecule is O=C(Nc1ccc(Oc2ccc(C(=O)N3CCC(C(=O)N4CCN(Cc5ccccc5)CC4)CC3)cc2)nc1)c1ccc(Cl)c(Cl)c1. The normalized spacial score (nSPS) is 15.7. The maximum atomic E-state index is 13.3. The topological polar surface area (TPSA) is 95.1 Å². The number of hydrogen-bond donors (Lipinski definition) is 1. The molecule has 9 nitrogen and oxygen atoms in total. The molecule has 6 rings (SSSR count). The second-order valence-corrected chi connectivity index (χ2v) is 12.6. The van der Waals surface area contributed by atoms with Gasteiger partial charge in [-0.05, 0) is 66.9 Å². The molecule has 4 aromatic rings. The molecule has 242 valence electrons. The van der Waals surface area contributed by atoms with Gasteiger partial charge in [-0.2, -0.15) is 0 Å². The minimum Gasteiger partial charge on any atom is -0.439 e. The van der Waals surface area contributed by atoms with Crippen LogP contribution in [0.3, 0.4) is 0 Å². The fourth-order valence-corrected chi connectivity index (χ4v) is 6.18. The molecule has 2 saturated heterocycles. The first-order valence-electron chi connectivity index (χ1n) is 15.7. The molecule has 0 aliphatic carbocycles. The van der Waals surface area contributed by atoms with Crippen molar-refractivity contribution >= 4 is 46.6 Å². The van der Waals surface area contributed by atoms with Crippen LogP contribution in [0, 0.1) is 5.92 Å². The average molecular weight is 673 g/mol. The second kappa shape index (κ2) is 15.0. The smallest absolute Gasteiger partial charge is 0.255 e. The molecule has 0 atom stereocenters. The van der Waals surface area contributed by atoms with E-state index in [4.69, 9.17) is 27.9 Å². The van der Waals surface area contributed by atoms with Crippen LogP contribution in [-0.4, -0.2) is 76.7 Å². The summed E-state index contributed by atoms with van der Waals surface area (Å²) in [5, 5.41) is 3.43. The molecule has 3 heterocycles. The number of carbonyl (C=O) groups excluding carboxylic acids is 3. The quantitative estimate of drug-likeness (QED) is 0.226. The molecule has 3 amide bonds. The Morgan fingerprint density at radius 3 is 2.13 bits per heavy atom. The summed E-state index contributed by atoms with van der Waals surface area (Å²) in [6.07, 6.45) is 2.83. The van der Waals surface area contributed by atoms with Gasteiger partial charge in [0.25, 0.3) is 11.8 Å². The first-order chi connectivity index (χ1) is 22.8. The predicted molar refractivity (Wildman–Crippen MR) is 182 cm³/mol. The number of ether oxygens (including phenoxy) is 1. The number of benzene rings is 3. The van der Waals surface area contributed by atoms with Crippen LogP contribution in [0.25, 0.3) is 0 Å². The van der Waals surface area contributed by atoms with E-state index in [1.165, 1.54) is 17.8 Å². The van der Waals surface area contributed by atoms with Crippen molar-refractivity contribution in [1.29, 1.82) is 0 Å². The highest BCUT2D eigenvalue weighted by atomic mass is 35.5. The molecule has 0 radical (unpaired) electrons. The highest BCUT2D eigenvalue weighted by Gasteiger charge is 2.32. The van der Waals surface area contributed by atoms with Gasteiger partial charge in [0.05, 0.1) is 21.9 Å². The van der Waals surface area contributed by atoms with E-state index in [0.29, 0.717) is 64.4 Å². The molecule has 1 aromatic heterocycles. The van der Waals surface area contributed by atoms with E-state index in [2.05, 4.69) is 39.5 Å². The number of halogens is 2. The largest absolute Gasteiger partial charge is 0.439 e. The highest BCUT2D eigenvalue weighted by molar-refractivity contribution is 6.42. The van der Waals surface area contributed by atoms with E-state index in [9.17, 15) is 14.4 Å². The number of carbonyl (C=O) groups is 3. The molecular weight excluding hydrogens is 637 g/mol. The Bertz CT molecular complexity index is 1700. The van der Waals surface area contributed by atoms with Crippen LogP contribution in [0.2, 0.25) is 10.0 Å². The summed E-state index contributed by atoms with van der Waals surface area (Å²) in [5.41, 5.74) is 2.71. The molecular formula is C36H35Cl2N5O4. The lowest BCUT2D eigenvalue weighted by molar-refractivity contribution is -0.138. The van der Waals surface area contributed by atoms with E-state index in [-0.39, 0.29) is 23.6 Å². The number of likely N-dealkylation sites (tertiary alicyclic amines) is 1. The summed E-state index contributed by atoms with van der Waals surface area (Å²) >= 11 is 11.9. The number of pyridine rings is 1. The molecule has 2 fully saturated rings. The zero-order valence-corrected chi connectivity index (χ0v) is 27.3. The Hall–Kier alpha value is -4.44. The standard InChI is InChI=1S/C36H35Cl2N5O4/c37-31-12-8-28(22-32(31)38)34(44)40-29-9-13-33(39-23-29)47-30-10-6-26(7-11-30)35(45)42-16-14-27(15-17-42)36(46)43-20-18-41(19-21-43)24-25-4-2-1-3-5-25/h1-13,22-23,27H,14-21,24H2,(H,40,44). The Morgan fingerprint density at radius 1 is 0.766 bits per heavy atom. The van der Waals surface area contributed by atoms with Crippen LogP contribution in [0.4, 0.5) is 5.69 Å². The number of piperidine rings is 1. The lowest BCUT2D eigenvalue weighted by Crippen LogP contribution is -2.51. The van der Waals surface area contributed by atoms with E-state index < -0.39 is 0 Å². The molecule has 2 aliphatic heterocycles. The van der Waals surface area contributed by atoms with Gasteiger partial charge < -0.3 is 19.9 Å². The molecule has 1 N–H and O–H groups in total. The van der Waals surface area contributed by atoms with Gasteiger partial charge in [0.15, 0.2) is 0 Å². The van der Waals surface area contributed by atoms with Gasteiger partial charge in [-0.1, -0.05) is 53.5 Å². The van der Waals surface area contributed by atoms with Gasteiger partial charge in [0.1, 0.15) is 5.75 Å². The van der Waals surface area contributed by atoms with Crippen molar-refractivity contribution in [3.8, 4) is 11.6 Å². The zero-order valence-electron chi connectivity index (χ0n) is 25.8. The molecule has 3 aromatic carbocycles. The van der Waals surface area contributed by atoms with Crippen LogP contribution in [0.1, 0.15) is 39.1 Å². The third-order valence-electron chi connectivity index (χ3n) is 8.56. The van der Waals surface area contributed by atoms with Gasteiger partial charge in [-0.3, -0.25) is 19.3 Å². The van der Waals surface area contributed by atoms with Crippen molar-refractivity contribution < 1.29 is 19.1 Å². The first-order valence-corrected chi connectivity index (χ1v) is 16.4. The van der Waals surface area contributed by atoms with E-state index in [1.54, 1.807) is 48.5 Å². The average Bonchev–Trinajstić information content (AvgIpc) is 3.11. The molecule has 0 spiro atoms. The monoisotopic (exact) mass is 671 g/mol. The molecule has 2 aliphatic rings. The molecule has 0 unspecified atom stereocenters. The molecule has 0 saturated carbocycles. The number of nitrogens with zero attached hydrogens (tertiary/aromatic N) is 4. The molecule has 11 heteroatoms. The summed E-state index contributed by atoms with van der Waals surface area (Å²) in [7, 11) is 0. The maximum Gasteiger partial charge on any atom is 0.255 e. The van der Waals surface area contributed by atoms with Crippen molar-refractivity contribution in [3.05, 3.63) is 118 Å². The van der Waals surface area contributed by atoms with Crippen molar-refractivity contribution in [3.63, 3.8) is 0 Å². The van der Waals surface area contributed by atoms with Crippen LogP contribution in [0.5, 0.6) is 11.6 Å². The van der Waals surface area contributed by atoms with E-state index in [0.717, 1.165) is 32.7 Å². The van der Waals surface area contributed by atoms with Crippen LogP contribution >= 0.6 is 23.2 Å². The van der Waals surface area contributed by atoms with E-state index in [1.807, 2.05) is 15.9 Å². The molecule has 47 heavy (non-hydrogen) atoms. The van der Waals surface area contributed by atoms with Crippen LogP contribution in [0.15, 0.2) is 91.1 Å². The number of nitrogens with one attached hydrogen (secondary N) is 1.